The number of nitrogens with zero attached hydrogens (tertiary/aromatic N) is 1. The second-order valence-corrected chi connectivity index (χ2v) is 8.08. The molecular weight excluding hydrogens is 476 g/mol. The average Bonchev–Trinajstić information content (AvgIpc) is 2.78. The van der Waals surface area contributed by atoms with Crippen LogP contribution in [-0.2, 0) is 13.2 Å². The third-order valence-electron chi connectivity index (χ3n) is 5.19. The standard InChI is InChI=1S/C24H15Cl2F3N2O2/c1-31-19-8-3-2-5-13(19)12-16(23(31)33)20-17(25)9-10-18(21(20)26)30-22(32)14-6-4-7-15(11-14)24(27,28)29/h2-12H,1H3,(H,30,32). The highest BCUT2D eigenvalue weighted by molar-refractivity contribution is 6.41. The normalized spacial score (nSPS) is 11.6. The minimum Gasteiger partial charge on any atom is -0.321 e. The van der Waals surface area contributed by atoms with E-state index in [0.717, 1.165) is 23.6 Å². The molecule has 0 unspecified atom stereocenters. The zero-order valence-electron chi connectivity index (χ0n) is 17.0. The van der Waals surface area contributed by atoms with Crippen LogP contribution in [0, 0.1) is 0 Å². The average molecular weight is 491 g/mol. The van der Waals surface area contributed by atoms with Crippen LogP contribution in [0.4, 0.5) is 18.9 Å². The summed E-state index contributed by atoms with van der Waals surface area (Å²) in [6.45, 7) is 0. The van der Waals surface area contributed by atoms with Crippen LogP contribution < -0.4 is 10.9 Å². The van der Waals surface area contributed by atoms with Crippen molar-refractivity contribution in [2.75, 3.05) is 5.32 Å². The molecular formula is C24H15Cl2F3N2O2. The number of amides is 1. The van der Waals surface area contributed by atoms with E-state index in [2.05, 4.69) is 5.32 Å². The maximum Gasteiger partial charge on any atom is 0.416 e. The van der Waals surface area contributed by atoms with E-state index < -0.39 is 17.6 Å². The first-order chi connectivity index (χ1) is 15.6. The third kappa shape index (κ3) is 4.34. The quantitative estimate of drug-likeness (QED) is 0.344. The Balaban J connectivity index is 1.78. The van der Waals surface area contributed by atoms with E-state index in [9.17, 15) is 22.8 Å². The first kappa shape index (κ1) is 22.9. The lowest BCUT2D eigenvalue weighted by Gasteiger charge is -2.15. The molecule has 1 aromatic heterocycles. The van der Waals surface area contributed by atoms with Gasteiger partial charge in [-0.3, -0.25) is 9.59 Å². The number of anilines is 1. The van der Waals surface area contributed by atoms with Crippen molar-refractivity contribution < 1.29 is 18.0 Å². The van der Waals surface area contributed by atoms with Crippen molar-refractivity contribution in [2.45, 2.75) is 6.18 Å². The Morgan fingerprint density at radius 1 is 0.970 bits per heavy atom. The number of alkyl halides is 3. The van der Waals surface area contributed by atoms with E-state index >= 15 is 0 Å². The molecule has 33 heavy (non-hydrogen) atoms. The zero-order valence-corrected chi connectivity index (χ0v) is 18.5. The van der Waals surface area contributed by atoms with Crippen LogP contribution in [0.2, 0.25) is 10.0 Å². The Kier molecular flexibility index (Phi) is 5.95. The van der Waals surface area contributed by atoms with Gasteiger partial charge in [-0.25, -0.2) is 0 Å². The summed E-state index contributed by atoms with van der Waals surface area (Å²) < 4.78 is 40.4. The van der Waals surface area contributed by atoms with E-state index in [1.807, 2.05) is 18.2 Å². The monoisotopic (exact) mass is 490 g/mol. The number of halogens is 5. The van der Waals surface area contributed by atoms with Crippen molar-refractivity contribution in [3.63, 3.8) is 0 Å². The van der Waals surface area contributed by atoms with Crippen LogP contribution in [0.25, 0.3) is 22.0 Å². The Bertz CT molecular complexity index is 1460. The summed E-state index contributed by atoms with van der Waals surface area (Å²) >= 11 is 12.9. The minimum absolute atomic E-state index is 0.00444. The lowest BCUT2D eigenvalue weighted by Crippen LogP contribution is -2.19. The van der Waals surface area contributed by atoms with Crippen LogP contribution >= 0.6 is 23.2 Å². The number of aryl methyl sites for hydroxylation is 1. The minimum atomic E-state index is -4.59. The SMILES string of the molecule is Cn1c(=O)c(-c2c(Cl)ccc(NC(=O)c3cccc(C(F)(F)F)c3)c2Cl)cc2ccccc21. The summed E-state index contributed by atoms with van der Waals surface area (Å²) in [5, 5.41) is 3.47. The van der Waals surface area contributed by atoms with Crippen molar-refractivity contribution >= 4 is 45.7 Å². The molecule has 0 atom stereocenters. The highest BCUT2D eigenvalue weighted by atomic mass is 35.5. The number of pyridine rings is 1. The second-order valence-electron chi connectivity index (χ2n) is 7.30. The molecule has 0 spiro atoms. The first-order valence-electron chi connectivity index (χ1n) is 9.63. The van der Waals surface area contributed by atoms with Crippen LogP contribution in [0.5, 0.6) is 0 Å². The number of aromatic nitrogens is 1. The van der Waals surface area contributed by atoms with Gasteiger partial charge in [0.05, 0.1) is 32.4 Å². The van der Waals surface area contributed by atoms with Gasteiger partial charge in [-0.2, -0.15) is 13.2 Å². The third-order valence-corrected chi connectivity index (χ3v) is 5.90. The summed E-state index contributed by atoms with van der Waals surface area (Å²) in [6.07, 6.45) is -4.59. The van der Waals surface area contributed by atoms with Crippen LogP contribution in [-0.4, -0.2) is 10.5 Å². The van der Waals surface area contributed by atoms with E-state index in [1.165, 1.54) is 22.8 Å². The molecule has 0 aliphatic carbocycles. The molecule has 0 fully saturated rings. The van der Waals surface area contributed by atoms with Gasteiger partial charge in [0.25, 0.3) is 11.5 Å². The van der Waals surface area contributed by atoms with Gasteiger partial charge >= 0.3 is 6.18 Å². The van der Waals surface area contributed by atoms with Crippen LogP contribution in [0.15, 0.2) is 71.5 Å². The predicted molar refractivity (Wildman–Crippen MR) is 124 cm³/mol. The van der Waals surface area contributed by atoms with Gasteiger partial charge < -0.3 is 9.88 Å². The summed E-state index contributed by atoms with van der Waals surface area (Å²) in [5.74, 6) is -0.789. The van der Waals surface area contributed by atoms with E-state index in [0.29, 0.717) is 5.52 Å². The molecule has 0 saturated carbocycles. The smallest absolute Gasteiger partial charge is 0.321 e. The number of benzene rings is 3. The molecule has 168 valence electrons. The Labute approximate surface area is 196 Å². The second kappa shape index (κ2) is 8.57. The molecule has 9 heteroatoms. The Morgan fingerprint density at radius 2 is 1.70 bits per heavy atom. The van der Waals surface area contributed by atoms with E-state index in [-0.39, 0.29) is 38.0 Å². The molecule has 4 nitrogen and oxygen atoms in total. The molecule has 0 bridgehead atoms. The van der Waals surface area contributed by atoms with Gasteiger partial charge in [0.1, 0.15) is 0 Å². The van der Waals surface area contributed by atoms with Crippen molar-refractivity contribution in [3.8, 4) is 11.1 Å². The highest BCUT2D eigenvalue weighted by Gasteiger charge is 2.31. The lowest BCUT2D eigenvalue weighted by molar-refractivity contribution is -0.137. The molecule has 1 N–H and O–H groups in total. The molecule has 4 rings (SSSR count). The van der Waals surface area contributed by atoms with Gasteiger partial charge in [0, 0.05) is 18.2 Å². The van der Waals surface area contributed by atoms with Gasteiger partial charge in [-0.1, -0.05) is 47.5 Å². The topological polar surface area (TPSA) is 51.1 Å². The van der Waals surface area contributed by atoms with Crippen LogP contribution in [0.1, 0.15) is 15.9 Å². The van der Waals surface area contributed by atoms with E-state index in [1.54, 1.807) is 19.2 Å². The number of fused-ring (bicyclic) bond motifs is 1. The maximum absolute atomic E-state index is 13.0. The number of hydrogen-bond acceptors (Lipinski definition) is 2. The van der Waals surface area contributed by atoms with Crippen molar-refractivity contribution in [1.82, 2.24) is 4.57 Å². The van der Waals surface area contributed by atoms with Crippen molar-refractivity contribution in [1.29, 1.82) is 0 Å². The fourth-order valence-electron chi connectivity index (χ4n) is 3.53. The summed E-state index contributed by atoms with van der Waals surface area (Å²) in [4.78, 5) is 25.7. The molecule has 0 saturated heterocycles. The summed E-state index contributed by atoms with van der Waals surface area (Å²) in [7, 11) is 1.62. The van der Waals surface area contributed by atoms with Gasteiger partial charge in [-0.05, 0) is 47.9 Å². The number of para-hydroxylation sites is 1. The number of hydrogen-bond donors (Lipinski definition) is 1. The molecule has 4 aromatic rings. The predicted octanol–water partition coefficient (Wildman–Crippen LogP) is 6.78. The number of rotatable bonds is 3. The zero-order chi connectivity index (χ0) is 23.9. The van der Waals surface area contributed by atoms with Gasteiger partial charge in [-0.15, -0.1) is 0 Å². The Hall–Kier alpha value is -3.29. The fourth-order valence-corrected chi connectivity index (χ4v) is 4.15. The molecule has 0 aliphatic heterocycles. The van der Waals surface area contributed by atoms with E-state index in [4.69, 9.17) is 23.2 Å². The number of carbonyl (C=O) groups is 1. The van der Waals surface area contributed by atoms with Gasteiger partial charge in [0.15, 0.2) is 0 Å². The fraction of sp³-hybridized carbons (Fsp3) is 0.0833. The largest absolute Gasteiger partial charge is 0.416 e. The summed E-state index contributed by atoms with van der Waals surface area (Å²) in [5.41, 5.74) is -0.232. The van der Waals surface area contributed by atoms with Crippen molar-refractivity contribution in [2.24, 2.45) is 7.05 Å². The lowest BCUT2D eigenvalue weighted by atomic mass is 10.0. The molecule has 0 radical (unpaired) electrons. The highest BCUT2D eigenvalue weighted by Crippen LogP contribution is 2.39. The first-order valence-corrected chi connectivity index (χ1v) is 10.4. The maximum atomic E-state index is 13.0. The van der Waals surface area contributed by atoms with Crippen molar-refractivity contribution in [3.05, 3.63) is 98.3 Å². The van der Waals surface area contributed by atoms with Gasteiger partial charge in [0.2, 0.25) is 0 Å². The molecule has 3 aromatic carbocycles. The molecule has 0 aliphatic rings. The molecule has 1 amide bonds. The Morgan fingerprint density at radius 3 is 2.42 bits per heavy atom. The van der Waals surface area contributed by atoms with Crippen LogP contribution in [0.3, 0.4) is 0 Å². The number of carbonyl (C=O) groups excluding carboxylic acids is 1. The summed E-state index contributed by atoms with van der Waals surface area (Å²) in [6, 6.07) is 15.8. The molecule has 1 heterocycles. The number of nitrogens with one attached hydrogen (secondary N) is 1.